The van der Waals surface area contributed by atoms with E-state index in [2.05, 4.69) is 4.74 Å². The molecular weight excluding hydrogens is 272 g/mol. The molecule has 0 unspecified atom stereocenters. The molecule has 0 aromatic heterocycles. The molecule has 0 N–H and O–H groups in total. The summed E-state index contributed by atoms with van der Waals surface area (Å²) in [5, 5.41) is 0. The Labute approximate surface area is 122 Å². The lowest BCUT2D eigenvalue weighted by molar-refractivity contribution is -0.138. The first-order valence-electron chi connectivity index (χ1n) is 6.55. The molecule has 0 spiro atoms. The van der Waals surface area contributed by atoms with Crippen LogP contribution in [0.1, 0.15) is 12.5 Å². The number of benzene rings is 1. The van der Waals surface area contributed by atoms with Crippen LogP contribution in [0, 0.1) is 0 Å². The average molecular weight is 288 g/mol. The minimum absolute atomic E-state index is 0.0940. The molecule has 0 aliphatic carbocycles. The van der Waals surface area contributed by atoms with E-state index >= 15 is 0 Å². The first-order valence-corrected chi connectivity index (χ1v) is 6.55. The second-order valence-corrected chi connectivity index (χ2v) is 4.30. The highest BCUT2D eigenvalue weighted by Gasteiger charge is 2.21. The van der Waals surface area contributed by atoms with Gasteiger partial charge < -0.3 is 14.2 Å². The van der Waals surface area contributed by atoms with Crippen molar-refractivity contribution in [2.75, 3.05) is 20.3 Å². The maximum Gasteiger partial charge on any atom is 0.338 e. The van der Waals surface area contributed by atoms with E-state index in [0.717, 1.165) is 5.56 Å². The second-order valence-electron chi connectivity index (χ2n) is 4.30. The molecule has 0 saturated carbocycles. The third kappa shape index (κ3) is 3.51. The maximum atomic E-state index is 12.1. The van der Waals surface area contributed by atoms with Crippen LogP contribution < -0.4 is 4.74 Å². The highest BCUT2D eigenvalue weighted by atomic mass is 16.5. The van der Waals surface area contributed by atoms with Gasteiger partial charge >= 0.3 is 11.9 Å². The van der Waals surface area contributed by atoms with Gasteiger partial charge in [-0.05, 0) is 19.1 Å². The Morgan fingerprint density at radius 2 is 2.10 bits per heavy atom. The molecule has 1 aliphatic heterocycles. The lowest BCUT2D eigenvalue weighted by Crippen LogP contribution is -2.14. The summed E-state index contributed by atoms with van der Waals surface area (Å²) in [6.45, 7) is 2.07. The zero-order valence-corrected chi connectivity index (χ0v) is 11.9. The van der Waals surface area contributed by atoms with Crippen LogP contribution in [0.25, 0.3) is 6.08 Å². The van der Waals surface area contributed by atoms with Gasteiger partial charge in [0.25, 0.3) is 0 Å². The van der Waals surface area contributed by atoms with Gasteiger partial charge in [-0.1, -0.05) is 18.2 Å². The number of esters is 2. The number of methoxy groups -OCH3 is 1. The van der Waals surface area contributed by atoms with Gasteiger partial charge in [0, 0.05) is 17.2 Å². The molecule has 1 aliphatic rings. The molecule has 0 fully saturated rings. The molecule has 1 heterocycles. The van der Waals surface area contributed by atoms with Crippen LogP contribution in [0.15, 0.2) is 41.5 Å². The van der Waals surface area contributed by atoms with Crippen LogP contribution in [0.4, 0.5) is 0 Å². The monoisotopic (exact) mass is 288 g/mol. The Morgan fingerprint density at radius 3 is 2.81 bits per heavy atom. The highest BCUT2D eigenvalue weighted by molar-refractivity contribution is 6.01. The van der Waals surface area contributed by atoms with Crippen LogP contribution in [0.2, 0.25) is 0 Å². The standard InChI is InChI=1S/C16H16O5/c1-3-20-16(18)13-8-11-6-4-5-7-14(11)21-10-12(13)9-15(17)19-2/h4-9H,3,10H2,1-2H3/b12-9+. The number of carbonyl (C=O) groups is 2. The van der Waals surface area contributed by atoms with Crippen LogP contribution >= 0.6 is 0 Å². The highest BCUT2D eigenvalue weighted by Crippen LogP contribution is 2.28. The van der Waals surface area contributed by atoms with Crippen molar-refractivity contribution >= 4 is 18.0 Å². The first-order chi connectivity index (χ1) is 10.2. The van der Waals surface area contributed by atoms with Gasteiger partial charge in [0.2, 0.25) is 0 Å². The molecule has 5 nitrogen and oxygen atoms in total. The fraction of sp³-hybridized carbons (Fsp3) is 0.250. The van der Waals surface area contributed by atoms with E-state index in [9.17, 15) is 9.59 Å². The van der Waals surface area contributed by atoms with E-state index in [-0.39, 0.29) is 13.2 Å². The third-order valence-corrected chi connectivity index (χ3v) is 2.94. The van der Waals surface area contributed by atoms with Gasteiger partial charge in [0.05, 0.1) is 19.3 Å². The predicted octanol–water partition coefficient (Wildman–Crippen LogP) is 2.12. The number of hydrogen-bond donors (Lipinski definition) is 0. The van der Waals surface area contributed by atoms with Crippen molar-refractivity contribution in [3.05, 3.63) is 47.1 Å². The Kier molecular flexibility index (Phi) is 4.77. The van der Waals surface area contributed by atoms with Crippen LogP contribution in [0.3, 0.4) is 0 Å². The van der Waals surface area contributed by atoms with Crippen LogP contribution in [0.5, 0.6) is 5.75 Å². The number of fused-ring (bicyclic) bond motifs is 1. The summed E-state index contributed by atoms with van der Waals surface area (Å²) < 4.78 is 15.3. The summed E-state index contributed by atoms with van der Waals surface area (Å²) in [6, 6.07) is 7.31. The minimum Gasteiger partial charge on any atom is -0.488 e. The fourth-order valence-corrected chi connectivity index (χ4v) is 1.93. The normalized spacial score (nSPS) is 15.3. The molecule has 110 valence electrons. The van der Waals surface area contributed by atoms with Crippen molar-refractivity contribution in [1.82, 2.24) is 0 Å². The van der Waals surface area contributed by atoms with Gasteiger partial charge in [-0.2, -0.15) is 0 Å². The molecule has 5 heteroatoms. The Bertz CT molecular complexity index is 613. The lowest BCUT2D eigenvalue weighted by Gasteiger charge is -2.09. The van der Waals surface area contributed by atoms with Crippen molar-refractivity contribution < 1.29 is 23.8 Å². The van der Waals surface area contributed by atoms with E-state index in [1.807, 2.05) is 18.2 Å². The number of ether oxygens (including phenoxy) is 3. The van der Waals surface area contributed by atoms with E-state index in [4.69, 9.17) is 9.47 Å². The predicted molar refractivity (Wildman–Crippen MR) is 76.6 cm³/mol. The lowest BCUT2D eigenvalue weighted by atomic mass is 10.0. The SMILES string of the molecule is CCOC(=O)C1=Cc2ccccc2OC/C1=C\C(=O)OC. The van der Waals surface area contributed by atoms with E-state index in [1.54, 1.807) is 19.1 Å². The topological polar surface area (TPSA) is 61.8 Å². The van der Waals surface area contributed by atoms with Crippen molar-refractivity contribution in [1.29, 1.82) is 0 Å². The summed E-state index contributed by atoms with van der Waals surface area (Å²) in [5.74, 6) is -0.393. The largest absolute Gasteiger partial charge is 0.488 e. The average Bonchev–Trinajstić information content (AvgIpc) is 2.67. The summed E-state index contributed by atoms with van der Waals surface area (Å²) in [7, 11) is 1.28. The molecule has 2 rings (SSSR count). The maximum absolute atomic E-state index is 12.1. The number of rotatable bonds is 3. The van der Waals surface area contributed by atoms with Crippen molar-refractivity contribution in [3.63, 3.8) is 0 Å². The molecule has 0 atom stereocenters. The van der Waals surface area contributed by atoms with Crippen molar-refractivity contribution in [3.8, 4) is 5.75 Å². The molecule has 0 bridgehead atoms. The minimum atomic E-state index is -0.547. The van der Waals surface area contributed by atoms with Crippen molar-refractivity contribution in [2.24, 2.45) is 0 Å². The molecule has 21 heavy (non-hydrogen) atoms. The van der Waals surface area contributed by atoms with E-state index in [1.165, 1.54) is 13.2 Å². The number of para-hydroxylation sites is 1. The van der Waals surface area contributed by atoms with E-state index in [0.29, 0.717) is 16.9 Å². The zero-order valence-electron chi connectivity index (χ0n) is 11.9. The number of carbonyl (C=O) groups excluding carboxylic acids is 2. The van der Waals surface area contributed by atoms with Gasteiger partial charge in [0.1, 0.15) is 12.4 Å². The smallest absolute Gasteiger partial charge is 0.338 e. The third-order valence-electron chi connectivity index (χ3n) is 2.94. The Morgan fingerprint density at radius 1 is 1.33 bits per heavy atom. The van der Waals surface area contributed by atoms with Gasteiger partial charge in [0.15, 0.2) is 0 Å². The van der Waals surface area contributed by atoms with Crippen molar-refractivity contribution in [2.45, 2.75) is 6.92 Å². The van der Waals surface area contributed by atoms with Crippen LogP contribution in [-0.2, 0) is 19.1 Å². The van der Waals surface area contributed by atoms with Gasteiger partial charge in [-0.25, -0.2) is 9.59 Å². The second kappa shape index (κ2) is 6.74. The molecular formula is C16H16O5. The number of hydrogen-bond acceptors (Lipinski definition) is 5. The summed E-state index contributed by atoms with van der Waals surface area (Å²) in [5.41, 5.74) is 1.48. The van der Waals surface area contributed by atoms with Crippen LogP contribution in [-0.4, -0.2) is 32.3 Å². The summed E-state index contributed by atoms with van der Waals surface area (Å²) in [4.78, 5) is 23.6. The molecule has 1 aromatic rings. The summed E-state index contributed by atoms with van der Waals surface area (Å²) >= 11 is 0. The molecule has 1 aromatic carbocycles. The quantitative estimate of drug-likeness (QED) is 0.630. The van der Waals surface area contributed by atoms with Gasteiger partial charge in [-0.3, -0.25) is 0 Å². The molecule has 0 saturated heterocycles. The molecule has 0 amide bonds. The van der Waals surface area contributed by atoms with E-state index < -0.39 is 11.9 Å². The first kappa shape index (κ1) is 14.8. The molecule has 0 radical (unpaired) electrons. The summed E-state index contributed by atoms with van der Waals surface area (Å²) in [6.07, 6.45) is 2.91. The zero-order chi connectivity index (χ0) is 15.2. The fourth-order valence-electron chi connectivity index (χ4n) is 1.93. The Balaban J connectivity index is 2.46. The Hall–Kier alpha value is -2.56. The van der Waals surface area contributed by atoms with Gasteiger partial charge in [-0.15, -0.1) is 0 Å².